The Labute approximate surface area is 120 Å². The van der Waals surface area contributed by atoms with Gasteiger partial charge < -0.3 is 15.8 Å². The van der Waals surface area contributed by atoms with E-state index >= 15 is 0 Å². The third kappa shape index (κ3) is 2.77. The van der Waals surface area contributed by atoms with Gasteiger partial charge in [-0.05, 0) is 31.6 Å². The van der Waals surface area contributed by atoms with Crippen molar-refractivity contribution in [2.75, 3.05) is 13.2 Å². The third-order valence-corrected chi connectivity index (χ3v) is 4.96. The summed E-state index contributed by atoms with van der Waals surface area (Å²) in [4.78, 5) is 12.7. The van der Waals surface area contributed by atoms with Gasteiger partial charge in [0.1, 0.15) is 0 Å². The number of nitrogens with one attached hydrogen (secondary N) is 1. The lowest BCUT2D eigenvalue weighted by Crippen LogP contribution is -2.56. The number of carbonyl (C=O) groups is 1. The maximum absolute atomic E-state index is 12.4. The summed E-state index contributed by atoms with van der Waals surface area (Å²) in [5, 5.41) is 3.05. The zero-order chi connectivity index (χ0) is 14.0. The highest BCUT2D eigenvalue weighted by Gasteiger charge is 2.50. The van der Waals surface area contributed by atoms with E-state index in [-0.39, 0.29) is 12.0 Å². The fourth-order valence-electron chi connectivity index (χ4n) is 3.40. The van der Waals surface area contributed by atoms with Crippen LogP contribution in [0.2, 0.25) is 0 Å². The molecule has 3 N–H and O–H groups in total. The predicted molar refractivity (Wildman–Crippen MR) is 78.8 cm³/mol. The standard InChI is InChI=1S/C14H24N2O2S/c1-3-11-10(4-5-18-11)8-16-13(17)14(12(15)19)6-9(2)7-14/h9-11H,3-8H2,1-2H3,(H2,15,19)(H,16,17). The van der Waals surface area contributed by atoms with Gasteiger partial charge in [-0.25, -0.2) is 0 Å². The SMILES string of the molecule is CCC1OCCC1CNC(=O)C1(C(N)=S)CC(C)C1. The molecule has 4 nitrogen and oxygen atoms in total. The molecule has 19 heavy (non-hydrogen) atoms. The number of carbonyl (C=O) groups excluding carboxylic acids is 1. The van der Waals surface area contributed by atoms with E-state index in [1.165, 1.54) is 0 Å². The molecule has 1 saturated carbocycles. The van der Waals surface area contributed by atoms with Crippen molar-refractivity contribution >= 4 is 23.1 Å². The summed E-state index contributed by atoms with van der Waals surface area (Å²) in [6.07, 6.45) is 3.87. The number of hydrogen-bond acceptors (Lipinski definition) is 3. The molecule has 0 radical (unpaired) electrons. The van der Waals surface area contributed by atoms with Gasteiger partial charge in [-0.2, -0.15) is 0 Å². The van der Waals surface area contributed by atoms with Crippen LogP contribution in [0, 0.1) is 17.3 Å². The number of ether oxygens (including phenoxy) is 1. The average molecular weight is 284 g/mol. The summed E-state index contributed by atoms with van der Waals surface area (Å²) in [7, 11) is 0. The number of rotatable bonds is 5. The minimum atomic E-state index is -0.587. The van der Waals surface area contributed by atoms with E-state index in [9.17, 15) is 4.79 Å². The van der Waals surface area contributed by atoms with Crippen molar-refractivity contribution in [3.05, 3.63) is 0 Å². The van der Waals surface area contributed by atoms with E-state index < -0.39 is 5.41 Å². The first-order chi connectivity index (χ1) is 8.99. The number of nitrogens with two attached hydrogens (primary N) is 1. The third-order valence-electron chi connectivity index (χ3n) is 4.57. The maximum atomic E-state index is 12.4. The van der Waals surface area contributed by atoms with Crippen molar-refractivity contribution in [3.63, 3.8) is 0 Å². The smallest absolute Gasteiger partial charge is 0.233 e. The van der Waals surface area contributed by atoms with Crippen molar-refractivity contribution in [1.82, 2.24) is 5.32 Å². The average Bonchev–Trinajstić information content (AvgIpc) is 2.78. The normalized spacial score (nSPS) is 37.7. The molecule has 2 atom stereocenters. The molecule has 5 heteroatoms. The van der Waals surface area contributed by atoms with Crippen LogP contribution in [0.5, 0.6) is 0 Å². The Hall–Kier alpha value is -0.680. The Morgan fingerprint density at radius 1 is 1.53 bits per heavy atom. The van der Waals surface area contributed by atoms with Gasteiger partial charge in [-0.15, -0.1) is 0 Å². The second-order valence-corrected chi connectivity index (χ2v) is 6.48. The van der Waals surface area contributed by atoms with Crippen LogP contribution in [-0.4, -0.2) is 30.2 Å². The molecule has 1 amide bonds. The van der Waals surface area contributed by atoms with E-state index in [1.54, 1.807) is 0 Å². The van der Waals surface area contributed by atoms with Gasteiger partial charge in [0.15, 0.2) is 0 Å². The van der Waals surface area contributed by atoms with Gasteiger partial charge in [-0.1, -0.05) is 26.1 Å². The highest BCUT2D eigenvalue weighted by Crippen LogP contribution is 2.46. The lowest BCUT2D eigenvalue weighted by Gasteiger charge is -2.44. The van der Waals surface area contributed by atoms with Gasteiger partial charge in [-0.3, -0.25) is 4.79 Å². The summed E-state index contributed by atoms with van der Waals surface area (Å²) < 4.78 is 5.64. The Kier molecular flexibility index (Phi) is 4.46. The van der Waals surface area contributed by atoms with Crippen molar-refractivity contribution < 1.29 is 9.53 Å². The van der Waals surface area contributed by atoms with Crippen molar-refractivity contribution in [1.29, 1.82) is 0 Å². The molecule has 2 rings (SSSR count). The van der Waals surface area contributed by atoms with Crippen LogP contribution in [0.25, 0.3) is 0 Å². The Bertz CT molecular complexity index is 366. The fourth-order valence-corrected chi connectivity index (χ4v) is 3.66. The second kappa shape index (κ2) is 5.75. The van der Waals surface area contributed by atoms with E-state index in [0.29, 0.717) is 23.4 Å². The van der Waals surface area contributed by atoms with Crippen LogP contribution >= 0.6 is 12.2 Å². The van der Waals surface area contributed by atoms with Crippen LogP contribution in [0.15, 0.2) is 0 Å². The molecule has 2 unspecified atom stereocenters. The minimum Gasteiger partial charge on any atom is -0.392 e. The first kappa shape index (κ1) is 14.7. The molecule has 0 aromatic carbocycles. The number of hydrogen-bond donors (Lipinski definition) is 2. The largest absolute Gasteiger partial charge is 0.392 e. The first-order valence-corrected chi connectivity index (χ1v) is 7.60. The van der Waals surface area contributed by atoms with Gasteiger partial charge in [0.25, 0.3) is 0 Å². The molecule has 0 aromatic rings. The fraction of sp³-hybridized carbons (Fsp3) is 0.857. The Morgan fingerprint density at radius 2 is 2.21 bits per heavy atom. The highest BCUT2D eigenvalue weighted by atomic mass is 32.1. The van der Waals surface area contributed by atoms with Gasteiger partial charge in [0.05, 0.1) is 16.5 Å². The lowest BCUT2D eigenvalue weighted by atomic mass is 9.62. The van der Waals surface area contributed by atoms with Crippen LogP contribution in [0.3, 0.4) is 0 Å². The first-order valence-electron chi connectivity index (χ1n) is 7.19. The van der Waals surface area contributed by atoms with Crippen molar-refractivity contribution in [2.45, 2.75) is 45.6 Å². The molecular weight excluding hydrogens is 260 g/mol. The zero-order valence-corrected chi connectivity index (χ0v) is 12.6. The minimum absolute atomic E-state index is 0.0138. The summed E-state index contributed by atoms with van der Waals surface area (Å²) >= 11 is 5.10. The molecule has 108 valence electrons. The second-order valence-electron chi connectivity index (χ2n) is 6.04. The summed E-state index contributed by atoms with van der Waals surface area (Å²) in [5.41, 5.74) is 5.19. The molecule has 1 saturated heterocycles. The van der Waals surface area contributed by atoms with E-state index in [1.807, 2.05) is 0 Å². The van der Waals surface area contributed by atoms with E-state index in [0.717, 1.165) is 32.3 Å². The van der Waals surface area contributed by atoms with Crippen molar-refractivity contribution in [2.24, 2.45) is 23.0 Å². The van der Waals surface area contributed by atoms with Crippen LogP contribution < -0.4 is 11.1 Å². The molecule has 2 fully saturated rings. The molecule has 1 heterocycles. The van der Waals surface area contributed by atoms with Gasteiger partial charge in [0.2, 0.25) is 5.91 Å². The van der Waals surface area contributed by atoms with E-state index in [4.69, 9.17) is 22.7 Å². The van der Waals surface area contributed by atoms with Gasteiger partial charge >= 0.3 is 0 Å². The maximum Gasteiger partial charge on any atom is 0.233 e. The molecule has 0 spiro atoms. The predicted octanol–water partition coefficient (Wildman–Crippen LogP) is 1.62. The summed E-state index contributed by atoms with van der Waals surface area (Å²) in [6.45, 7) is 5.73. The quantitative estimate of drug-likeness (QED) is 0.753. The lowest BCUT2D eigenvalue weighted by molar-refractivity contribution is -0.133. The topological polar surface area (TPSA) is 64.3 Å². The Morgan fingerprint density at radius 3 is 2.74 bits per heavy atom. The van der Waals surface area contributed by atoms with E-state index in [2.05, 4.69) is 19.2 Å². The molecule has 2 aliphatic rings. The number of amides is 1. The summed E-state index contributed by atoms with van der Waals surface area (Å²) in [5.74, 6) is 0.972. The molecule has 0 bridgehead atoms. The molecule has 1 aliphatic carbocycles. The highest BCUT2D eigenvalue weighted by molar-refractivity contribution is 7.80. The van der Waals surface area contributed by atoms with Gasteiger partial charge in [0, 0.05) is 19.1 Å². The van der Waals surface area contributed by atoms with Crippen molar-refractivity contribution in [3.8, 4) is 0 Å². The van der Waals surface area contributed by atoms with Crippen LogP contribution in [0.1, 0.15) is 39.5 Å². The molecule has 0 aromatic heterocycles. The monoisotopic (exact) mass is 284 g/mol. The molecular formula is C14H24N2O2S. The number of thiocarbonyl (C=S) groups is 1. The molecule has 1 aliphatic heterocycles. The summed E-state index contributed by atoms with van der Waals surface area (Å²) in [6, 6.07) is 0. The zero-order valence-electron chi connectivity index (χ0n) is 11.8. The van der Waals surface area contributed by atoms with Crippen LogP contribution in [0.4, 0.5) is 0 Å². The Balaban J connectivity index is 1.88. The van der Waals surface area contributed by atoms with Crippen LogP contribution in [-0.2, 0) is 9.53 Å².